The van der Waals surface area contributed by atoms with Crippen LogP contribution in [0.15, 0.2) is 12.1 Å². The highest BCUT2D eigenvalue weighted by Crippen LogP contribution is 2.78. The highest BCUT2D eigenvalue weighted by Gasteiger charge is 2.81. The zero-order valence-corrected chi connectivity index (χ0v) is 20.2. The van der Waals surface area contributed by atoms with Gasteiger partial charge in [0.25, 0.3) is 0 Å². The monoisotopic (exact) mass is 437 g/mol. The number of nitrogens with zero attached hydrogens (tertiary/aromatic N) is 1. The Labute approximate surface area is 192 Å². The van der Waals surface area contributed by atoms with Gasteiger partial charge in [-0.15, -0.1) is 0 Å². The van der Waals surface area contributed by atoms with Gasteiger partial charge in [0.15, 0.2) is 11.5 Å². The molecule has 4 bridgehead atoms. The molecule has 5 fully saturated rings. The molecule has 32 heavy (non-hydrogen) atoms. The fraction of sp³-hybridized carbons (Fsp3) is 0.786. The van der Waals surface area contributed by atoms with Crippen LogP contribution in [0.1, 0.15) is 76.8 Å². The Morgan fingerprint density at radius 3 is 2.69 bits per heavy atom. The van der Waals surface area contributed by atoms with E-state index >= 15 is 0 Å². The first-order chi connectivity index (χ1) is 15.3. The van der Waals surface area contributed by atoms with E-state index in [9.17, 15) is 5.11 Å². The van der Waals surface area contributed by atoms with E-state index in [1.54, 1.807) is 0 Å². The Kier molecular flexibility index (Phi) is 3.81. The molecule has 8 rings (SSSR count). The van der Waals surface area contributed by atoms with Gasteiger partial charge in [0.1, 0.15) is 11.7 Å². The van der Waals surface area contributed by atoms with Gasteiger partial charge in [-0.3, -0.25) is 4.90 Å². The number of hydrogen-bond donors (Lipinski definition) is 1. The molecule has 1 aromatic rings. The average Bonchev–Trinajstić information content (AvgIpc) is 3.10. The molecule has 2 heterocycles. The zero-order valence-electron chi connectivity index (χ0n) is 20.2. The summed E-state index contributed by atoms with van der Waals surface area (Å²) in [4.78, 5) is 2.91. The van der Waals surface area contributed by atoms with Gasteiger partial charge < -0.3 is 14.6 Å². The first-order valence-electron chi connectivity index (χ1n) is 13.1. The van der Waals surface area contributed by atoms with Crippen LogP contribution < -0.4 is 4.74 Å². The van der Waals surface area contributed by atoms with Crippen LogP contribution in [-0.2, 0) is 16.6 Å². The van der Waals surface area contributed by atoms with E-state index in [0.29, 0.717) is 17.7 Å². The average molecular weight is 438 g/mol. The van der Waals surface area contributed by atoms with E-state index in [0.717, 1.165) is 37.5 Å². The molecular formula is C28H39NO3. The topological polar surface area (TPSA) is 41.9 Å². The van der Waals surface area contributed by atoms with Gasteiger partial charge in [0.2, 0.25) is 0 Å². The normalized spacial score (nSPS) is 44.2. The second-order valence-corrected chi connectivity index (χ2v) is 13.1. The van der Waals surface area contributed by atoms with Crippen LogP contribution in [0, 0.1) is 22.7 Å². The summed E-state index contributed by atoms with van der Waals surface area (Å²) in [5.41, 5.74) is 2.89. The second kappa shape index (κ2) is 6.05. The van der Waals surface area contributed by atoms with E-state index in [1.165, 1.54) is 49.8 Å². The number of fused-ring (bicyclic) bond motifs is 2. The van der Waals surface area contributed by atoms with Crippen molar-refractivity contribution in [1.82, 2.24) is 4.90 Å². The van der Waals surface area contributed by atoms with Gasteiger partial charge >= 0.3 is 0 Å². The molecular weight excluding hydrogens is 398 g/mol. The Morgan fingerprint density at radius 2 is 2.00 bits per heavy atom. The van der Waals surface area contributed by atoms with Gasteiger partial charge in [-0.2, -0.15) is 0 Å². The Balaban J connectivity index is 1.46. The van der Waals surface area contributed by atoms with Crippen LogP contribution in [0.3, 0.4) is 0 Å². The van der Waals surface area contributed by atoms with Crippen molar-refractivity contribution in [3.8, 4) is 11.5 Å². The molecule has 7 aliphatic rings. The number of methoxy groups -OCH3 is 1. The van der Waals surface area contributed by atoms with Crippen LogP contribution in [0.2, 0.25) is 0 Å². The summed E-state index contributed by atoms with van der Waals surface area (Å²) in [6.07, 6.45) is 10.1. The van der Waals surface area contributed by atoms with Crippen molar-refractivity contribution in [3.63, 3.8) is 0 Å². The lowest BCUT2D eigenvalue weighted by Crippen LogP contribution is -2.82. The number of ether oxygens (including phenoxy) is 2. The molecule has 0 aromatic heterocycles. The first kappa shape index (κ1) is 20.1. The maximum absolute atomic E-state index is 10.9. The number of piperidine rings is 1. The fourth-order valence-corrected chi connectivity index (χ4v) is 9.80. The number of phenols is 1. The van der Waals surface area contributed by atoms with Gasteiger partial charge in [-0.1, -0.05) is 33.3 Å². The third-order valence-electron chi connectivity index (χ3n) is 11.2. The van der Waals surface area contributed by atoms with Crippen molar-refractivity contribution in [2.24, 2.45) is 22.7 Å². The summed E-state index contributed by atoms with van der Waals surface area (Å²) in [6, 6.07) is 4.68. The summed E-state index contributed by atoms with van der Waals surface area (Å²) in [7, 11) is 1.92. The van der Waals surface area contributed by atoms with Crippen LogP contribution in [0.25, 0.3) is 0 Å². The molecule has 0 unspecified atom stereocenters. The highest BCUT2D eigenvalue weighted by molar-refractivity contribution is 5.63. The van der Waals surface area contributed by atoms with E-state index in [2.05, 4.69) is 31.7 Å². The largest absolute Gasteiger partial charge is 0.504 e. The van der Waals surface area contributed by atoms with Crippen molar-refractivity contribution in [2.75, 3.05) is 20.2 Å². The van der Waals surface area contributed by atoms with Crippen LogP contribution in [0.4, 0.5) is 0 Å². The number of likely N-dealkylation sites (tertiary alicyclic amines) is 1. The fourth-order valence-electron chi connectivity index (χ4n) is 9.80. The summed E-state index contributed by atoms with van der Waals surface area (Å²) < 4.78 is 13.5. The van der Waals surface area contributed by atoms with E-state index in [4.69, 9.17) is 9.47 Å². The van der Waals surface area contributed by atoms with Crippen LogP contribution in [0.5, 0.6) is 11.5 Å². The number of aromatic hydroxyl groups is 1. The van der Waals surface area contributed by atoms with Crippen molar-refractivity contribution in [3.05, 3.63) is 23.3 Å². The third-order valence-corrected chi connectivity index (χ3v) is 11.2. The molecule has 174 valence electrons. The van der Waals surface area contributed by atoms with Crippen molar-refractivity contribution in [1.29, 1.82) is 0 Å². The van der Waals surface area contributed by atoms with Gasteiger partial charge in [0, 0.05) is 36.1 Å². The summed E-state index contributed by atoms with van der Waals surface area (Å²) in [5, 5.41) is 10.9. The number of hydrogen-bond acceptors (Lipinski definition) is 4. The molecule has 6 atom stereocenters. The van der Waals surface area contributed by atoms with Crippen LogP contribution in [-0.4, -0.2) is 48.0 Å². The molecule has 0 amide bonds. The number of rotatable bonds is 3. The van der Waals surface area contributed by atoms with Crippen molar-refractivity contribution >= 4 is 0 Å². The van der Waals surface area contributed by atoms with Crippen molar-refractivity contribution < 1.29 is 14.6 Å². The van der Waals surface area contributed by atoms with E-state index in [1.807, 2.05) is 13.2 Å². The minimum atomic E-state index is -0.277. The molecule has 0 radical (unpaired) electrons. The summed E-state index contributed by atoms with van der Waals surface area (Å²) in [5.74, 6) is 2.48. The van der Waals surface area contributed by atoms with Gasteiger partial charge in [0.05, 0.1) is 0 Å². The van der Waals surface area contributed by atoms with E-state index in [-0.39, 0.29) is 27.9 Å². The standard InChI is InChI=1S/C28H39NO3/c1-25(2,3)20-15-26-10-11-28(20,31-4)24-27(26)12-13-29(16-17-6-5-7-17)21(26)14-18-8-9-19(30)23(32-24)22(18)27/h8-9,17,20-21,24,30H,5-7,10-16H2,1-4H3/t20-,21-,24-,26-,27+,28-/m1/s1. The summed E-state index contributed by atoms with van der Waals surface area (Å²) >= 11 is 0. The molecule has 4 nitrogen and oxygen atoms in total. The minimum Gasteiger partial charge on any atom is -0.504 e. The van der Waals surface area contributed by atoms with Crippen molar-refractivity contribution in [2.45, 2.75) is 95.3 Å². The molecule has 1 saturated heterocycles. The molecule has 1 aromatic carbocycles. The predicted molar refractivity (Wildman–Crippen MR) is 124 cm³/mol. The number of phenolic OH excluding ortho intramolecular Hbond substituents is 1. The Morgan fingerprint density at radius 1 is 1.19 bits per heavy atom. The maximum atomic E-state index is 10.9. The second-order valence-electron chi connectivity index (χ2n) is 13.1. The molecule has 2 spiro atoms. The molecule has 4 saturated carbocycles. The Bertz CT molecular complexity index is 980. The minimum absolute atomic E-state index is 0.00849. The molecule has 4 heteroatoms. The number of benzene rings is 1. The quantitative estimate of drug-likeness (QED) is 0.718. The van der Waals surface area contributed by atoms with Crippen LogP contribution >= 0.6 is 0 Å². The first-order valence-corrected chi connectivity index (χ1v) is 13.1. The molecule has 1 N–H and O–H groups in total. The lowest BCUT2D eigenvalue weighted by atomic mass is 9.33. The van der Waals surface area contributed by atoms with Gasteiger partial charge in [-0.05, 0) is 80.4 Å². The summed E-state index contributed by atoms with van der Waals surface area (Å²) in [6.45, 7) is 9.65. The van der Waals surface area contributed by atoms with Gasteiger partial charge in [-0.25, -0.2) is 0 Å². The smallest absolute Gasteiger partial charge is 0.165 e. The lowest BCUT2D eigenvalue weighted by Gasteiger charge is -2.75. The maximum Gasteiger partial charge on any atom is 0.165 e. The SMILES string of the molecule is CO[C@]12CC[C@@]3(C[C@@H]1C(C)(C)C)[C@H]1Cc4ccc(O)c5c4[C@@]3(CCN1CC1CCC1)[C@H]2O5. The zero-order chi connectivity index (χ0) is 22.1. The lowest BCUT2D eigenvalue weighted by molar-refractivity contribution is -0.292. The highest BCUT2D eigenvalue weighted by atomic mass is 16.6. The molecule has 5 aliphatic carbocycles. The van der Waals surface area contributed by atoms with E-state index < -0.39 is 0 Å². The molecule has 2 aliphatic heterocycles. The Hall–Kier alpha value is -1.26. The third kappa shape index (κ3) is 2.05. The predicted octanol–water partition coefficient (Wildman–Crippen LogP) is 5.05.